The number of amides is 1. The molecule has 1 fully saturated rings. The van der Waals surface area contributed by atoms with Gasteiger partial charge >= 0.3 is 0 Å². The molecule has 1 heterocycles. The minimum absolute atomic E-state index is 0.0209. The number of nitrogens with two attached hydrogens (primary N) is 1. The molecule has 1 amide bonds. The van der Waals surface area contributed by atoms with Gasteiger partial charge in [0.2, 0.25) is 5.91 Å². The summed E-state index contributed by atoms with van der Waals surface area (Å²) in [7, 11) is 0. The Morgan fingerprint density at radius 1 is 1.56 bits per heavy atom. The molecule has 1 saturated heterocycles. The van der Waals surface area contributed by atoms with Crippen LogP contribution in [0.15, 0.2) is 0 Å². The Labute approximate surface area is 106 Å². The smallest absolute Gasteiger partial charge is 0.261 e. The molecule has 1 rings (SSSR count). The van der Waals surface area contributed by atoms with Crippen LogP contribution in [0.25, 0.3) is 0 Å². The van der Waals surface area contributed by atoms with Crippen LogP contribution in [0.5, 0.6) is 0 Å². The van der Waals surface area contributed by atoms with Crippen LogP contribution in [0.4, 0.5) is 8.78 Å². The first-order valence-corrected chi connectivity index (χ1v) is 6.41. The predicted octanol–water partition coefficient (Wildman–Crippen LogP) is 1.39. The lowest BCUT2D eigenvalue weighted by Gasteiger charge is -2.26. The topological polar surface area (TPSA) is 55.6 Å². The monoisotopic (exact) mass is 264 g/mol. The van der Waals surface area contributed by atoms with Gasteiger partial charge in [-0.15, -0.1) is 0 Å². The number of hydrogen-bond donors (Lipinski definition) is 1. The summed E-state index contributed by atoms with van der Waals surface area (Å²) in [4.78, 5) is 13.7. The molecule has 0 spiro atoms. The lowest BCUT2D eigenvalue weighted by Crippen LogP contribution is -2.39. The molecule has 0 aromatic carbocycles. The molecule has 6 heteroatoms. The Morgan fingerprint density at radius 2 is 2.28 bits per heavy atom. The van der Waals surface area contributed by atoms with E-state index in [0.717, 1.165) is 25.8 Å². The van der Waals surface area contributed by atoms with Gasteiger partial charge in [-0.3, -0.25) is 4.79 Å². The van der Waals surface area contributed by atoms with Gasteiger partial charge in [-0.2, -0.15) is 0 Å². The summed E-state index contributed by atoms with van der Waals surface area (Å²) >= 11 is 0. The molecule has 2 N–H and O–H groups in total. The first-order valence-electron chi connectivity index (χ1n) is 6.41. The Morgan fingerprint density at radius 3 is 2.89 bits per heavy atom. The molecule has 106 valence electrons. The van der Waals surface area contributed by atoms with Crippen molar-refractivity contribution in [2.24, 2.45) is 5.73 Å². The fourth-order valence-electron chi connectivity index (χ4n) is 2.31. The van der Waals surface area contributed by atoms with Crippen molar-refractivity contribution in [1.29, 1.82) is 0 Å². The minimum Gasteiger partial charge on any atom is -0.375 e. The Bertz CT molecular complexity index is 262. The molecule has 0 aromatic rings. The number of rotatable bonds is 7. The fourth-order valence-corrected chi connectivity index (χ4v) is 2.31. The van der Waals surface area contributed by atoms with Crippen LogP contribution in [-0.4, -0.2) is 49.1 Å². The van der Waals surface area contributed by atoms with E-state index in [2.05, 4.69) is 0 Å². The standard InChI is InChI=1S/C12H22F2N2O2/c1-9(15)7-10-3-2-5-16(10)12(17)4-6-18-8-11(13)14/h9-11H,2-8,15H2,1H3. The molecule has 1 aliphatic rings. The van der Waals surface area contributed by atoms with Crippen LogP contribution in [-0.2, 0) is 9.53 Å². The lowest BCUT2D eigenvalue weighted by atomic mass is 10.1. The normalized spacial score (nSPS) is 21.6. The van der Waals surface area contributed by atoms with E-state index in [0.29, 0.717) is 0 Å². The van der Waals surface area contributed by atoms with Crippen molar-refractivity contribution in [2.75, 3.05) is 19.8 Å². The van der Waals surface area contributed by atoms with Gasteiger partial charge in [-0.25, -0.2) is 8.78 Å². The van der Waals surface area contributed by atoms with E-state index in [9.17, 15) is 13.6 Å². The Kier molecular flexibility index (Phi) is 6.49. The highest BCUT2D eigenvalue weighted by Gasteiger charge is 2.28. The number of nitrogens with zero attached hydrogens (tertiary/aromatic N) is 1. The van der Waals surface area contributed by atoms with Gasteiger partial charge in [-0.1, -0.05) is 0 Å². The van der Waals surface area contributed by atoms with Crippen molar-refractivity contribution < 1.29 is 18.3 Å². The molecule has 4 nitrogen and oxygen atoms in total. The molecule has 0 aromatic heterocycles. The van der Waals surface area contributed by atoms with Crippen molar-refractivity contribution in [3.05, 3.63) is 0 Å². The molecule has 0 radical (unpaired) electrons. The second-order valence-corrected chi connectivity index (χ2v) is 4.81. The van der Waals surface area contributed by atoms with Crippen LogP contribution in [0, 0.1) is 0 Å². The summed E-state index contributed by atoms with van der Waals surface area (Å²) in [6, 6.07) is 0.270. The number of carbonyl (C=O) groups is 1. The van der Waals surface area contributed by atoms with Crippen LogP contribution in [0.1, 0.15) is 32.6 Å². The average Bonchev–Trinajstić information content (AvgIpc) is 2.71. The van der Waals surface area contributed by atoms with Gasteiger partial charge in [0.15, 0.2) is 0 Å². The highest BCUT2D eigenvalue weighted by molar-refractivity contribution is 5.76. The third-order valence-corrected chi connectivity index (χ3v) is 3.05. The van der Waals surface area contributed by atoms with Gasteiger partial charge in [0.25, 0.3) is 6.43 Å². The molecule has 18 heavy (non-hydrogen) atoms. The maximum atomic E-state index is 11.9. The van der Waals surface area contributed by atoms with Gasteiger partial charge in [-0.05, 0) is 26.2 Å². The minimum atomic E-state index is -2.47. The molecule has 1 aliphatic heterocycles. The molecular weight excluding hydrogens is 242 g/mol. The number of likely N-dealkylation sites (tertiary alicyclic amines) is 1. The zero-order valence-electron chi connectivity index (χ0n) is 10.8. The summed E-state index contributed by atoms with van der Waals surface area (Å²) in [5.74, 6) is -0.0209. The van der Waals surface area contributed by atoms with Crippen LogP contribution < -0.4 is 5.73 Å². The summed E-state index contributed by atoms with van der Waals surface area (Å²) < 4.78 is 28.4. The van der Waals surface area contributed by atoms with Gasteiger partial charge in [0.1, 0.15) is 6.61 Å². The third kappa shape index (κ3) is 5.27. The van der Waals surface area contributed by atoms with Gasteiger partial charge < -0.3 is 15.4 Å². The number of hydrogen-bond acceptors (Lipinski definition) is 3. The fraction of sp³-hybridized carbons (Fsp3) is 0.917. The number of carbonyl (C=O) groups excluding carboxylic acids is 1. The average molecular weight is 264 g/mol. The highest BCUT2D eigenvalue weighted by Crippen LogP contribution is 2.21. The first-order chi connectivity index (χ1) is 8.50. The molecule has 2 atom stereocenters. The maximum Gasteiger partial charge on any atom is 0.261 e. The van der Waals surface area contributed by atoms with Crippen molar-refractivity contribution >= 4 is 5.91 Å². The maximum absolute atomic E-state index is 11.9. The lowest BCUT2D eigenvalue weighted by molar-refractivity contribution is -0.133. The number of alkyl halides is 2. The quantitative estimate of drug-likeness (QED) is 0.707. The molecule has 0 aliphatic carbocycles. The predicted molar refractivity (Wildman–Crippen MR) is 64.4 cm³/mol. The summed E-state index contributed by atoms with van der Waals surface area (Å²) in [6.07, 6.45) is 0.454. The van der Waals surface area contributed by atoms with Crippen molar-refractivity contribution in [1.82, 2.24) is 4.90 Å². The van der Waals surface area contributed by atoms with Crippen LogP contribution in [0.2, 0.25) is 0 Å². The van der Waals surface area contributed by atoms with Crippen molar-refractivity contribution in [3.63, 3.8) is 0 Å². The molecule has 0 bridgehead atoms. The zero-order chi connectivity index (χ0) is 13.5. The number of ether oxygens (including phenoxy) is 1. The van der Waals surface area contributed by atoms with Gasteiger partial charge in [0.05, 0.1) is 13.0 Å². The van der Waals surface area contributed by atoms with Crippen molar-refractivity contribution in [2.45, 2.75) is 51.1 Å². The Balaban J connectivity index is 2.27. The Hall–Kier alpha value is -0.750. The van der Waals surface area contributed by atoms with E-state index in [1.165, 1.54) is 0 Å². The summed E-state index contributed by atoms with van der Waals surface area (Å²) in [5.41, 5.74) is 5.74. The van der Waals surface area contributed by atoms with Crippen LogP contribution >= 0.6 is 0 Å². The second kappa shape index (κ2) is 7.63. The molecule has 0 saturated carbocycles. The van der Waals surface area contributed by atoms with E-state index in [1.807, 2.05) is 11.8 Å². The molecular formula is C12H22F2N2O2. The summed E-state index contributed by atoms with van der Waals surface area (Å²) in [5, 5.41) is 0. The van der Waals surface area contributed by atoms with E-state index >= 15 is 0 Å². The highest BCUT2D eigenvalue weighted by atomic mass is 19.3. The summed E-state index contributed by atoms with van der Waals surface area (Å²) in [6.45, 7) is 2.12. The molecule has 2 unspecified atom stereocenters. The van der Waals surface area contributed by atoms with E-state index in [1.54, 1.807) is 0 Å². The zero-order valence-corrected chi connectivity index (χ0v) is 10.8. The van der Waals surface area contributed by atoms with E-state index < -0.39 is 13.0 Å². The first kappa shape index (κ1) is 15.3. The van der Waals surface area contributed by atoms with E-state index in [4.69, 9.17) is 10.5 Å². The number of halogens is 2. The van der Waals surface area contributed by atoms with E-state index in [-0.39, 0.29) is 31.0 Å². The van der Waals surface area contributed by atoms with Gasteiger partial charge in [0, 0.05) is 18.6 Å². The largest absolute Gasteiger partial charge is 0.375 e. The second-order valence-electron chi connectivity index (χ2n) is 4.81. The van der Waals surface area contributed by atoms with Crippen LogP contribution in [0.3, 0.4) is 0 Å². The SMILES string of the molecule is CC(N)CC1CCCN1C(=O)CCOCC(F)F. The van der Waals surface area contributed by atoms with Crippen molar-refractivity contribution in [3.8, 4) is 0 Å². The third-order valence-electron chi connectivity index (χ3n) is 3.05.